The number of likely N-dealkylation sites (tertiary alicyclic amines) is 1. The maximum Gasteiger partial charge on any atom is 0.113 e. The molecule has 0 saturated carbocycles. The average Bonchev–Trinajstić information content (AvgIpc) is 2.88. The van der Waals surface area contributed by atoms with Crippen LogP contribution in [0, 0.1) is 5.92 Å². The molecule has 0 aromatic carbocycles. The van der Waals surface area contributed by atoms with Gasteiger partial charge in [0.15, 0.2) is 0 Å². The first-order valence-corrected chi connectivity index (χ1v) is 7.39. The minimum absolute atomic E-state index is 0.678. The van der Waals surface area contributed by atoms with Crippen LogP contribution in [-0.2, 0) is 6.54 Å². The lowest BCUT2D eigenvalue weighted by atomic mass is 10.1. The number of aromatic nitrogens is 1. The molecule has 0 spiro atoms. The fourth-order valence-electron chi connectivity index (χ4n) is 2.25. The van der Waals surface area contributed by atoms with E-state index in [1.165, 1.54) is 19.5 Å². The highest BCUT2D eigenvalue weighted by Crippen LogP contribution is 2.19. The zero-order valence-electron chi connectivity index (χ0n) is 10.4. The van der Waals surface area contributed by atoms with Gasteiger partial charge in [0, 0.05) is 19.1 Å². The van der Waals surface area contributed by atoms with Crippen LogP contribution in [0.2, 0.25) is 4.34 Å². The molecule has 1 unspecified atom stereocenters. The highest BCUT2D eigenvalue weighted by Gasteiger charge is 2.23. The molecule has 1 aromatic heterocycles. The second kappa shape index (κ2) is 6.14. The van der Waals surface area contributed by atoms with Crippen molar-refractivity contribution in [2.24, 2.45) is 5.92 Å². The van der Waals surface area contributed by atoms with Crippen LogP contribution in [0.1, 0.15) is 25.3 Å². The molecule has 0 bridgehead atoms. The first kappa shape index (κ1) is 13.3. The highest BCUT2D eigenvalue weighted by molar-refractivity contribution is 7.15. The molecule has 1 atom stereocenters. The van der Waals surface area contributed by atoms with E-state index in [1.54, 1.807) is 17.5 Å². The maximum absolute atomic E-state index is 5.84. The fraction of sp³-hybridized carbons (Fsp3) is 0.750. The molecule has 0 aliphatic carbocycles. The second-order valence-electron chi connectivity index (χ2n) is 4.93. The van der Waals surface area contributed by atoms with Crippen molar-refractivity contribution in [3.63, 3.8) is 0 Å². The summed E-state index contributed by atoms with van der Waals surface area (Å²) in [5.41, 5.74) is 0. The summed E-state index contributed by atoms with van der Waals surface area (Å²) >= 11 is 7.40. The predicted molar refractivity (Wildman–Crippen MR) is 73.6 cm³/mol. The quantitative estimate of drug-likeness (QED) is 0.894. The molecule has 2 heterocycles. The molecule has 5 heteroatoms. The van der Waals surface area contributed by atoms with Crippen molar-refractivity contribution < 1.29 is 0 Å². The number of halogens is 1. The van der Waals surface area contributed by atoms with Crippen LogP contribution in [0.5, 0.6) is 0 Å². The Morgan fingerprint density at radius 2 is 2.47 bits per heavy atom. The summed E-state index contributed by atoms with van der Waals surface area (Å²) in [4.78, 5) is 6.78. The second-order valence-corrected chi connectivity index (χ2v) is 6.68. The Kier molecular flexibility index (Phi) is 4.79. The van der Waals surface area contributed by atoms with E-state index in [4.69, 9.17) is 11.6 Å². The van der Waals surface area contributed by atoms with Crippen LogP contribution in [0.3, 0.4) is 0 Å². The summed E-state index contributed by atoms with van der Waals surface area (Å²) in [5, 5.41) is 4.56. The molecule has 3 nitrogen and oxygen atoms in total. The summed E-state index contributed by atoms with van der Waals surface area (Å²) in [7, 11) is 0. The largest absolute Gasteiger partial charge is 0.310 e. The molecule has 96 valence electrons. The van der Waals surface area contributed by atoms with Crippen molar-refractivity contribution in [1.29, 1.82) is 0 Å². The van der Waals surface area contributed by atoms with E-state index >= 15 is 0 Å². The number of rotatable bonds is 5. The molecule has 1 saturated heterocycles. The first-order valence-electron chi connectivity index (χ1n) is 6.20. The number of nitrogens with one attached hydrogen (secondary N) is 1. The van der Waals surface area contributed by atoms with Gasteiger partial charge in [-0.3, -0.25) is 0 Å². The van der Waals surface area contributed by atoms with E-state index in [0.29, 0.717) is 6.04 Å². The van der Waals surface area contributed by atoms with Gasteiger partial charge in [0.25, 0.3) is 0 Å². The Morgan fingerprint density at radius 3 is 3.06 bits per heavy atom. The third kappa shape index (κ3) is 3.91. The Labute approximate surface area is 112 Å². The molecule has 17 heavy (non-hydrogen) atoms. The summed E-state index contributed by atoms with van der Waals surface area (Å²) < 4.78 is 0.772. The lowest BCUT2D eigenvalue weighted by Gasteiger charge is -2.20. The molecule has 1 N–H and O–H groups in total. The van der Waals surface area contributed by atoms with E-state index in [2.05, 4.69) is 29.0 Å². The molecule has 0 amide bonds. The number of nitrogens with zero attached hydrogens (tertiary/aromatic N) is 2. The van der Waals surface area contributed by atoms with Crippen LogP contribution >= 0.6 is 22.9 Å². The summed E-state index contributed by atoms with van der Waals surface area (Å²) in [6, 6.07) is 0.678. The van der Waals surface area contributed by atoms with Gasteiger partial charge in [0.1, 0.15) is 9.34 Å². The molecule has 1 fully saturated rings. The summed E-state index contributed by atoms with van der Waals surface area (Å²) in [6.45, 7) is 8.94. The molecule has 2 rings (SSSR count). The van der Waals surface area contributed by atoms with Gasteiger partial charge in [-0.2, -0.15) is 0 Å². The number of hydrogen-bond donors (Lipinski definition) is 1. The van der Waals surface area contributed by atoms with E-state index in [9.17, 15) is 0 Å². The normalized spacial score (nSPS) is 21.5. The Bertz CT molecular complexity index is 353. The predicted octanol–water partition coefficient (Wildman–Crippen LogP) is 2.62. The van der Waals surface area contributed by atoms with Crippen LogP contribution in [0.4, 0.5) is 0 Å². The van der Waals surface area contributed by atoms with Gasteiger partial charge in [-0.15, -0.1) is 11.3 Å². The van der Waals surface area contributed by atoms with Gasteiger partial charge < -0.3 is 10.2 Å². The maximum atomic E-state index is 5.84. The zero-order valence-corrected chi connectivity index (χ0v) is 12.0. The van der Waals surface area contributed by atoms with Gasteiger partial charge in [0.05, 0.1) is 6.20 Å². The zero-order chi connectivity index (χ0) is 12.3. The van der Waals surface area contributed by atoms with Gasteiger partial charge in [-0.1, -0.05) is 11.6 Å². The fourth-order valence-corrected chi connectivity index (χ4v) is 3.18. The lowest BCUT2D eigenvalue weighted by Crippen LogP contribution is -2.30. The SMILES string of the molecule is CC(C)N1CCC(CNCc2ncc(Cl)s2)C1. The third-order valence-electron chi connectivity index (χ3n) is 3.28. The number of thiazole rings is 1. The smallest absolute Gasteiger partial charge is 0.113 e. The highest BCUT2D eigenvalue weighted by atomic mass is 35.5. The molecule has 1 aromatic rings. The van der Waals surface area contributed by atoms with Gasteiger partial charge in [0.2, 0.25) is 0 Å². The van der Waals surface area contributed by atoms with Gasteiger partial charge in [-0.25, -0.2) is 4.98 Å². The van der Waals surface area contributed by atoms with E-state index in [1.807, 2.05) is 0 Å². The molecular formula is C12H20ClN3S. The average molecular weight is 274 g/mol. The van der Waals surface area contributed by atoms with E-state index in [-0.39, 0.29) is 0 Å². The first-order chi connectivity index (χ1) is 8.15. The Morgan fingerprint density at radius 1 is 1.65 bits per heavy atom. The van der Waals surface area contributed by atoms with Gasteiger partial charge in [-0.05, 0) is 39.3 Å². The molecule has 1 aliphatic rings. The minimum atomic E-state index is 0.678. The van der Waals surface area contributed by atoms with Gasteiger partial charge >= 0.3 is 0 Å². The summed E-state index contributed by atoms with van der Waals surface area (Å²) in [5.74, 6) is 0.785. The summed E-state index contributed by atoms with van der Waals surface area (Å²) in [6.07, 6.45) is 3.03. The van der Waals surface area contributed by atoms with Crippen molar-refractivity contribution in [2.45, 2.75) is 32.9 Å². The Balaban J connectivity index is 1.66. The van der Waals surface area contributed by atoms with Crippen LogP contribution in [0.15, 0.2) is 6.20 Å². The molecular weight excluding hydrogens is 254 g/mol. The Hall–Kier alpha value is -0.160. The van der Waals surface area contributed by atoms with Crippen molar-refractivity contribution in [2.75, 3.05) is 19.6 Å². The van der Waals surface area contributed by atoms with Crippen LogP contribution in [-0.4, -0.2) is 35.6 Å². The third-order valence-corrected chi connectivity index (χ3v) is 4.40. The number of hydrogen-bond acceptors (Lipinski definition) is 4. The molecule has 1 aliphatic heterocycles. The van der Waals surface area contributed by atoms with Crippen molar-refractivity contribution in [3.8, 4) is 0 Å². The van der Waals surface area contributed by atoms with Crippen LogP contribution in [0.25, 0.3) is 0 Å². The monoisotopic (exact) mass is 273 g/mol. The standard InChI is InChI=1S/C12H20ClN3S/c1-9(2)16-4-3-10(8-16)5-14-7-12-15-6-11(13)17-12/h6,9-10,14H,3-5,7-8H2,1-2H3. The topological polar surface area (TPSA) is 28.2 Å². The molecule has 0 radical (unpaired) electrons. The van der Waals surface area contributed by atoms with Crippen molar-refractivity contribution in [1.82, 2.24) is 15.2 Å². The van der Waals surface area contributed by atoms with Crippen molar-refractivity contribution in [3.05, 3.63) is 15.5 Å². The minimum Gasteiger partial charge on any atom is -0.310 e. The van der Waals surface area contributed by atoms with Crippen molar-refractivity contribution >= 4 is 22.9 Å². The van der Waals surface area contributed by atoms with E-state index in [0.717, 1.165) is 28.4 Å². The lowest BCUT2D eigenvalue weighted by molar-refractivity contribution is 0.264. The van der Waals surface area contributed by atoms with Crippen LogP contribution < -0.4 is 5.32 Å². The van der Waals surface area contributed by atoms with E-state index < -0.39 is 0 Å².